The number of nitrogens with zero attached hydrogens (tertiary/aromatic N) is 1. The van der Waals surface area contributed by atoms with Crippen molar-refractivity contribution in [2.75, 3.05) is 12.4 Å². The Morgan fingerprint density at radius 2 is 2.32 bits per heavy atom. The SMILES string of the molecule is CCC(C(=O)Nc1ccc(F)cc1OC)C(N)=NO. The minimum Gasteiger partial charge on any atom is -0.494 e. The highest BCUT2D eigenvalue weighted by molar-refractivity contribution is 6.08. The van der Waals surface area contributed by atoms with Crippen LogP contribution in [-0.2, 0) is 4.79 Å². The number of nitrogens with two attached hydrogens (primary N) is 1. The van der Waals surface area contributed by atoms with E-state index in [4.69, 9.17) is 15.7 Å². The molecule has 0 aliphatic heterocycles. The van der Waals surface area contributed by atoms with E-state index >= 15 is 0 Å². The predicted octanol–water partition coefficient (Wildman–Crippen LogP) is 1.55. The first kappa shape index (κ1) is 14.7. The van der Waals surface area contributed by atoms with Crippen molar-refractivity contribution in [2.45, 2.75) is 13.3 Å². The summed E-state index contributed by atoms with van der Waals surface area (Å²) in [6.45, 7) is 1.73. The van der Waals surface area contributed by atoms with Crippen LogP contribution in [0.15, 0.2) is 23.4 Å². The van der Waals surface area contributed by atoms with Crippen LogP contribution in [0.3, 0.4) is 0 Å². The molecule has 1 atom stereocenters. The van der Waals surface area contributed by atoms with E-state index < -0.39 is 17.6 Å². The molecule has 0 aliphatic carbocycles. The Labute approximate surface area is 110 Å². The van der Waals surface area contributed by atoms with Crippen LogP contribution in [0.5, 0.6) is 5.75 Å². The average molecular weight is 269 g/mol. The van der Waals surface area contributed by atoms with Gasteiger partial charge in [0.25, 0.3) is 0 Å². The van der Waals surface area contributed by atoms with Gasteiger partial charge >= 0.3 is 0 Å². The number of amidine groups is 1. The molecule has 19 heavy (non-hydrogen) atoms. The van der Waals surface area contributed by atoms with E-state index in [-0.39, 0.29) is 11.6 Å². The zero-order valence-electron chi connectivity index (χ0n) is 10.7. The lowest BCUT2D eigenvalue weighted by Crippen LogP contribution is -2.34. The Morgan fingerprint density at radius 1 is 1.63 bits per heavy atom. The Balaban J connectivity index is 2.93. The van der Waals surface area contributed by atoms with Crippen LogP contribution in [-0.4, -0.2) is 24.1 Å². The summed E-state index contributed by atoms with van der Waals surface area (Å²) in [7, 11) is 1.37. The molecule has 1 unspecified atom stereocenters. The molecular weight excluding hydrogens is 253 g/mol. The van der Waals surface area contributed by atoms with Crippen LogP contribution in [0.1, 0.15) is 13.3 Å². The van der Waals surface area contributed by atoms with Gasteiger partial charge in [-0.25, -0.2) is 4.39 Å². The molecule has 6 nitrogen and oxygen atoms in total. The van der Waals surface area contributed by atoms with Gasteiger partial charge < -0.3 is 21.0 Å². The molecule has 0 radical (unpaired) electrons. The first-order valence-electron chi connectivity index (χ1n) is 5.65. The Bertz CT molecular complexity index is 491. The normalized spacial score (nSPS) is 12.9. The Morgan fingerprint density at radius 3 is 2.84 bits per heavy atom. The van der Waals surface area contributed by atoms with Gasteiger partial charge in [-0.15, -0.1) is 0 Å². The highest BCUT2D eigenvalue weighted by atomic mass is 19.1. The molecule has 1 rings (SSSR count). The fraction of sp³-hybridized carbons (Fsp3) is 0.333. The van der Waals surface area contributed by atoms with Crippen LogP contribution >= 0.6 is 0 Å². The molecule has 0 saturated carbocycles. The summed E-state index contributed by atoms with van der Waals surface area (Å²) >= 11 is 0. The van der Waals surface area contributed by atoms with E-state index in [1.54, 1.807) is 6.92 Å². The number of halogens is 1. The summed E-state index contributed by atoms with van der Waals surface area (Å²) in [6, 6.07) is 3.73. The van der Waals surface area contributed by atoms with Crippen molar-refractivity contribution in [1.82, 2.24) is 0 Å². The number of anilines is 1. The van der Waals surface area contributed by atoms with E-state index in [9.17, 15) is 9.18 Å². The molecule has 1 aromatic rings. The van der Waals surface area contributed by atoms with Crippen molar-refractivity contribution in [3.63, 3.8) is 0 Å². The van der Waals surface area contributed by atoms with Gasteiger partial charge in [-0.2, -0.15) is 0 Å². The second-order valence-electron chi connectivity index (χ2n) is 3.82. The molecule has 4 N–H and O–H groups in total. The zero-order chi connectivity index (χ0) is 14.4. The molecule has 0 fully saturated rings. The van der Waals surface area contributed by atoms with E-state index in [0.29, 0.717) is 12.1 Å². The third kappa shape index (κ3) is 3.57. The quantitative estimate of drug-likeness (QED) is 0.327. The van der Waals surface area contributed by atoms with Crippen molar-refractivity contribution >= 4 is 17.4 Å². The molecule has 0 bridgehead atoms. The van der Waals surface area contributed by atoms with E-state index in [2.05, 4.69) is 10.5 Å². The van der Waals surface area contributed by atoms with Crippen molar-refractivity contribution in [1.29, 1.82) is 0 Å². The molecule has 0 saturated heterocycles. The maximum Gasteiger partial charge on any atom is 0.235 e. The third-order valence-electron chi connectivity index (χ3n) is 2.62. The fourth-order valence-electron chi connectivity index (χ4n) is 1.59. The van der Waals surface area contributed by atoms with Crippen LogP contribution < -0.4 is 15.8 Å². The molecule has 0 aromatic heterocycles. The summed E-state index contributed by atoms with van der Waals surface area (Å²) in [5.74, 6) is -1.68. The first-order valence-corrected chi connectivity index (χ1v) is 5.65. The maximum atomic E-state index is 13.0. The minimum absolute atomic E-state index is 0.180. The predicted molar refractivity (Wildman–Crippen MR) is 68.8 cm³/mol. The number of carbonyl (C=O) groups excluding carboxylic acids is 1. The largest absolute Gasteiger partial charge is 0.494 e. The third-order valence-corrected chi connectivity index (χ3v) is 2.62. The van der Waals surface area contributed by atoms with Crippen molar-refractivity contribution in [3.05, 3.63) is 24.0 Å². The molecule has 0 aliphatic rings. The fourth-order valence-corrected chi connectivity index (χ4v) is 1.59. The topological polar surface area (TPSA) is 96.9 Å². The highest BCUT2D eigenvalue weighted by Crippen LogP contribution is 2.25. The van der Waals surface area contributed by atoms with Crippen LogP contribution in [0.4, 0.5) is 10.1 Å². The maximum absolute atomic E-state index is 13.0. The number of rotatable bonds is 5. The summed E-state index contributed by atoms with van der Waals surface area (Å²) in [5.41, 5.74) is 5.74. The number of carbonyl (C=O) groups is 1. The first-order chi connectivity index (χ1) is 9.03. The van der Waals surface area contributed by atoms with Crippen molar-refractivity contribution in [2.24, 2.45) is 16.8 Å². The average Bonchev–Trinajstić information content (AvgIpc) is 2.41. The lowest BCUT2D eigenvalue weighted by molar-refractivity contribution is -0.118. The number of methoxy groups -OCH3 is 1. The molecular formula is C12H16FN3O3. The van der Waals surface area contributed by atoms with E-state index in [1.165, 1.54) is 19.2 Å². The molecule has 104 valence electrons. The second-order valence-corrected chi connectivity index (χ2v) is 3.82. The van der Waals surface area contributed by atoms with E-state index in [1.807, 2.05) is 0 Å². The molecule has 0 spiro atoms. The minimum atomic E-state index is -0.764. The number of hydrogen-bond acceptors (Lipinski definition) is 4. The van der Waals surface area contributed by atoms with Gasteiger partial charge in [0.1, 0.15) is 11.6 Å². The monoisotopic (exact) mass is 269 g/mol. The Hall–Kier alpha value is -2.31. The summed E-state index contributed by atoms with van der Waals surface area (Å²) in [4.78, 5) is 12.0. The van der Waals surface area contributed by atoms with Crippen molar-refractivity contribution in [3.8, 4) is 5.75 Å². The van der Waals surface area contributed by atoms with Gasteiger partial charge in [-0.3, -0.25) is 4.79 Å². The van der Waals surface area contributed by atoms with Crippen molar-refractivity contribution < 1.29 is 19.1 Å². The summed E-state index contributed by atoms with van der Waals surface area (Å²) in [6.07, 6.45) is 0.366. The number of amides is 1. The van der Waals surface area contributed by atoms with Gasteiger partial charge in [-0.05, 0) is 18.6 Å². The number of hydrogen-bond donors (Lipinski definition) is 3. The zero-order valence-corrected chi connectivity index (χ0v) is 10.7. The summed E-state index contributed by atoms with van der Waals surface area (Å²) in [5, 5.41) is 14.0. The van der Waals surface area contributed by atoms with Crippen LogP contribution in [0.25, 0.3) is 0 Å². The highest BCUT2D eigenvalue weighted by Gasteiger charge is 2.22. The lowest BCUT2D eigenvalue weighted by Gasteiger charge is -2.15. The van der Waals surface area contributed by atoms with Crippen LogP contribution in [0.2, 0.25) is 0 Å². The van der Waals surface area contributed by atoms with Crippen LogP contribution in [0, 0.1) is 11.7 Å². The lowest BCUT2D eigenvalue weighted by atomic mass is 10.0. The van der Waals surface area contributed by atoms with E-state index in [0.717, 1.165) is 6.07 Å². The second kappa shape index (κ2) is 6.58. The van der Waals surface area contributed by atoms with Gasteiger partial charge in [0.2, 0.25) is 5.91 Å². The molecule has 1 aromatic carbocycles. The number of benzene rings is 1. The van der Waals surface area contributed by atoms with Gasteiger partial charge in [0.15, 0.2) is 5.84 Å². The molecule has 7 heteroatoms. The Kier molecular flexibility index (Phi) is 5.11. The van der Waals surface area contributed by atoms with Gasteiger partial charge in [0, 0.05) is 6.07 Å². The number of nitrogens with one attached hydrogen (secondary N) is 1. The number of ether oxygens (including phenoxy) is 1. The molecule has 1 amide bonds. The number of oxime groups is 1. The standard InChI is InChI=1S/C12H16FN3O3/c1-3-8(11(14)16-18)12(17)15-9-5-4-7(13)6-10(9)19-2/h4-6,8,18H,3H2,1-2H3,(H2,14,16)(H,15,17). The smallest absolute Gasteiger partial charge is 0.235 e. The van der Waals surface area contributed by atoms with Gasteiger partial charge in [-0.1, -0.05) is 12.1 Å². The molecule has 0 heterocycles. The van der Waals surface area contributed by atoms with Gasteiger partial charge in [0.05, 0.1) is 18.7 Å². The summed E-state index contributed by atoms with van der Waals surface area (Å²) < 4.78 is 18.0.